The minimum atomic E-state index is -5.79. The van der Waals surface area contributed by atoms with Crippen molar-refractivity contribution in [2.75, 3.05) is 13.3 Å². The van der Waals surface area contributed by atoms with Gasteiger partial charge in [0.1, 0.15) is 23.7 Å². The second-order valence-corrected chi connectivity index (χ2v) is 11.9. The van der Waals surface area contributed by atoms with E-state index in [2.05, 4.69) is 29.2 Å². The summed E-state index contributed by atoms with van der Waals surface area (Å²) in [6.45, 7) is 0.00463. The molecule has 2 fully saturated rings. The van der Waals surface area contributed by atoms with Crippen LogP contribution in [0, 0.1) is 28.1 Å². The average Bonchev–Trinajstić information content (AvgIpc) is 3.24. The van der Waals surface area contributed by atoms with Gasteiger partial charge in [-0.3, -0.25) is 14.3 Å². The third kappa shape index (κ3) is 5.15. The molecule has 0 aromatic heterocycles. The third-order valence-corrected chi connectivity index (χ3v) is 9.03. The monoisotopic (exact) mass is 560 g/mol. The molecule has 0 aliphatic carbocycles. The van der Waals surface area contributed by atoms with Gasteiger partial charge in [-0.25, -0.2) is 19.1 Å². The second-order valence-electron chi connectivity index (χ2n) is 7.44. The highest BCUT2D eigenvalue weighted by Crippen LogP contribution is 2.66. The highest BCUT2D eigenvalue weighted by Gasteiger charge is 2.69. The van der Waals surface area contributed by atoms with E-state index in [0.29, 0.717) is 0 Å². The van der Waals surface area contributed by atoms with Crippen LogP contribution < -0.4 is 16.1 Å². The van der Waals surface area contributed by atoms with Gasteiger partial charge < -0.3 is 40.1 Å². The number of hydrazine groups is 1. The molecule has 0 aromatic carbocycles. The molecule has 19 nitrogen and oxygen atoms in total. The maximum absolute atomic E-state index is 12.1. The van der Waals surface area contributed by atoms with E-state index < -0.39 is 65.4 Å². The number of phosphoric ester groups is 1. The quantitative estimate of drug-likeness (QED) is 0.143. The number of rotatable bonds is 8. The highest BCUT2D eigenvalue weighted by molar-refractivity contribution is 7.66. The van der Waals surface area contributed by atoms with Gasteiger partial charge in [-0.2, -0.15) is 19.1 Å². The Balaban J connectivity index is 1.83. The van der Waals surface area contributed by atoms with Crippen LogP contribution in [0.2, 0.25) is 0 Å². The molecule has 3 aliphatic heterocycles. The van der Waals surface area contributed by atoms with E-state index >= 15 is 0 Å². The van der Waals surface area contributed by atoms with Gasteiger partial charge in [-0.15, -0.1) is 0 Å². The first kappa shape index (κ1) is 27.7. The second kappa shape index (κ2) is 9.19. The number of fused-ring (bicyclic) bond motifs is 1. The summed E-state index contributed by atoms with van der Waals surface area (Å²) in [5.74, 6) is -0.482. The number of ether oxygens (including phenoxy) is 1. The summed E-state index contributed by atoms with van der Waals surface area (Å²) in [4.78, 5) is 48.1. The van der Waals surface area contributed by atoms with Crippen LogP contribution in [0.3, 0.4) is 0 Å². The predicted molar refractivity (Wildman–Crippen MR) is 106 cm³/mol. The van der Waals surface area contributed by atoms with Crippen molar-refractivity contribution in [2.45, 2.75) is 30.9 Å². The van der Waals surface area contributed by atoms with Crippen LogP contribution in [-0.4, -0.2) is 72.8 Å². The van der Waals surface area contributed by atoms with Gasteiger partial charge in [0, 0.05) is 6.20 Å². The molecule has 7 atom stereocenters. The van der Waals surface area contributed by atoms with Crippen molar-refractivity contribution in [3.05, 3.63) is 11.9 Å². The van der Waals surface area contributed by atoms with Crippen LogP contribution in [0.4, 0.5) is 0 Å². The van der Waals surface area contributed by atoms with E-state index in [4.69, 9.17) is 14.5 Å². The minimum absolute atomic E-state index is 0.0445. The molecule has 3 rings (SSSR count). The zero-order valence-electron chi connectivity index (χ0n) is 17.4. The van der Waals surface area contributed by atoms with E-state index in [-0.39, 0.29) is 12.4 Å². The Morgan fingerprint density at radius 3 is 2.43 bits per heavy atom. The van der Waals surface area contributed by atoms with Crippen LogP contribution in [-0.2, 0) is 36.4 Å². The van der Waals surface area contributed by atoms with Crippen LogP contribution in [0.15, 0.2) is 11.9 Å². The zero-order valence-corrected chi connectivity index (χ0v) is 20.1. The van der Waals surface area contributed by atoms with Crippen LogP contribution in [0.1, 0.15) is 6.92 Å². The summed E-state index contributed by atoms with van der Waals surface area (Å²) in [5.41, 5.74) is -1.63. The van der Waals surface area contributed by atoms with E-state index in [1.165, 1.54) is 11.2 Å². The first-order chi connectivity index (χ1) is 16.0. The van der Waals surface area contributed by atoms with Gasteiger partial charge in [0.25, 0.3) is 5.91 Å². The van der Waals surface area contributed by atoms with Crippen molar-refractivity contribution in [3.8, 4) is 12.1 Å². The molecule has 2 saturated heterocycles. The highest BCUT2D eigenvalue weighted by atomic mass is 31.3. The van der Waals surface area contributed by atoms with Crippen LogP contribution in [0.25, 0.3) is 0 Å². The summed E-state index contributed by atoms with van der Waals surface area (Å²) in [6.07, 6.45) is -3.37. The standard InChI is InChI=1S/C13H19N6O13P3/c1-12(4-14)9(20)7(3-29-34(25,26)32-35(27,28)31-33(22,23)24)30-13(12,5-15)8-2-16-10-11(21)17-6-18-19(8)10/h2,7,9-10,16,18,20H,3,6H2,1H3,(H,17,21)(H,25,26)(H,27,28)(H2,22,23,24)/t7-,9-,10?,12?,13+/m0/s1. The first-order valence-electron chi connectivity index (χ1n) is 9.25. The fourth-order valence-electron chi connectivity index (χ4n) is 3.65. The molecule has 3 aliphatic rings. The van der Waals surface area contributed by atoms with Crippen molar-refractivity contribution >= 4 is 29.4 Å². The normalized spacial score (nSPS) is 36.0. The Labute approximate surface area is 196 Å². The van der Waals surface area contributed by atoms with Crippen LogP contribution >= 0.6 is 23.5 Å². The fraction of sp³-hybridized carbons (Fsp3) is 0.615. The maximum atomic E-state index is 12.1. The minimum Gasteiger partial charge on any atom is -0.388 e. The fourth-order valence-corrected chi connectivity index (χ4v) is 6.68. The van der Waals surface area contributed by atoms with Gasteiger partial charge in [-0.05, 0) is 6.92 Å². The number of hydrogen-bond acceptors (Lipinski definition) is 14. The summed E-state index contributed by atoms with van der Waals surface area (Å²) >= 11 is 0. The van der Waals surface area contributed by atoms with Crippen molar-refractivity contribution in [1.82, 2.24) is 21.1 Å². The molecule has 22 heteroatoms. The van der Waals surface area contributed by atoms with Gasteiger partial charge in [0.15, 0.2) is 6.17 Å². The number of nitrogens with zero attached hydrogens (tertiary/aromatic N) is 3. The number of phosphoric acid groups is 3. The molecule has 0 saturated carbocycles. The molecule has 4 unspecified atom stereocenters. The third-order valence-electron chi connectivity index (χ3n) is 5.23. The smallest absolute Gasteiger partial charge is 0.388 e. The van der Waals surface area contributed by atoms with Gasteiger partial charge in [0.2, 0.25) is 5.60 Å². The molecule has 3 heterocycles. The topological polar surface area (TPSA) is 293 Å². The Morgan fingerprint density at radius 1 is 1.20 bits per heavy atom. The average molecular weight is 560 g/mol. The van der Waals surface area contributed by atoms with E-state index in [1.807, 2.05) is 0 Å². The zero-order chi connectivity index (χ0) is 26.4. The number of nitrogens with one attached hydrogen (secondary N) is 3. The molecule has 0 spiro atoms. The number of aliphatic hydroxyl groups excluding tert-OH is 1. The predicted octanol–water partition coefficient (Wildman–Crippen LogP) is -2.45. The molecule has 0 radical (unpaired) electrons. The molecule has 0 aromatic rings. The van der Waals surface area contributed by atoms with Gasteiger partial charge >= 0.3 is 23.5 Å². The van der Waals surface area contributed by atoms with Crippen LogP contribution in [0.5, 0.6) is 0 Å². The molecular formula is C13H19N6O13P3. The Hall–Kier alpha value is -1.92. The lowest BCUT2D eigenvalue weighted by Gasteiger charge is -2.40. The molecule has 35 heavy (non-hydrogen) atoms. The molecule has 0 bridgehead atoms. The number of aliphatic hydroxyl groups is 1. The molecular weight excluding hydrogens is 541 g/mol. The summed E-state index contributed by atoms with van der Waals surface area (Å²) < 4.78 is 51.5. The van der Waals surface area contributed by atoms with Crippen molar-refractivity contribution < 1.29 is 61.1 Å². The number of hydrogen-bond donors (Lipinski definition) is 8. The number of nitriles is 2. The molecule has 8 N–H and O–H groups in total. The molecule has 1 amide bonds. The summed E-state index contributed by atoms with van der Waals surface area (Å²) in [7, 11) is -17.0. The SMILES string of the molecule is CC1(C#N)[C@@H](O)[C@H](COP(=O)(O)OP(=O)(O)OP(=O)(O)O)O[C@]1(C#N)C1=CNC2C(=O)NCNN12. The number of carbonyl (C=O) groups excluding carboxylic acids is 1. The van der Waals surface area contributed by atoms with Gasteiger partial charge in [0.05, 0.1) is 25.0 Å². The van der Waals surface area contributed by atoms with Crippen molar-refractivity contribution in [2.24, 2.45) is 5.41 Å². The van der Waals surface area contributed by atoms with Gasteiger partial charge in [-0.1, -0.05) is 0 Å². The van der Waals surface area contributed by atoms with E-state index in [1.54, 1.807) is 12.1 Å². The Kier molecular flexibility index (Phi) is 7.26. The Morgan fingerprint density at radius 2 is 1.86 bits per heavy atom. The maximum Gasteiger partial charge on any atom is 0.490 e. The summed E-state index contributed by atoms with van der Waals surface area (Å²) in [5, 5.41) is 37.0. The summed E-state index contributed by atoms with van der Waals surface area (Å²) in [6, 6.07) is 3.57. The van der Waals surface area contributed by atoms with E-state index in [9.17, 15) is 43.9 Å². The lowest BCUT2D eigenvalue weighted by atomic mass is 9.70. The largest absolute Gasteiger partial charge is 0.490 e. The van der Waals surface area contributed by atoms with Crippen molar-refractivity contribution in [1.29, 1.82) is 10.5 Å². The lowest BCUT2D eigenvalue weighted by molar-refractivity contribution is -0.132. The van der Waals surface area contributed by atoms with Crippen molar-refractivity contribution in [3.63, 3.8) is 0 Å². The number of amides is 1. The lowest BCUT2D eigenvalue weighted by Crippen LogP contribution is -2.65. The number of carbonyl (C=O) groups is 1. The first-order valence-corrected chi connectivity index (χ1v) is 13.8. The molecule has 194 valence electrons. The Bertz CT molecular complexity index is 1160. The van der Waals surface area contributed by atoms with E-state index in [0.717, 1.165) is 6.92 Å².